The molecule has 106 valence electrons. The maximum atomic E-state index is 12.0. The zero-order valence-corrected chi connectivity index (χ0v) is 13.2. The number of nitrogens with zero attached hydrogens (tertiary/aromatic N) is 1. The minimum Gasteiger partial charge on any atom is -0.377 e. The Morgan fingerprint density at radius 1 is 1.44 bits per heavy atom. The molecule has 2 unspecified atom stereocenters. The molecule has 2 heterocycles. The van der Waals surface area contributed by atoms with E-state index in [0.29, 0.717) is 12.0 Å². The molecule has 2 fully saturated rings. The Hall–Kier alpha value is 0.150. The molecule has 0 saturated carbocycles. The number of hydrogen-bond acceptors (Lipinski definition) is 3. The third kappa shape index (κ3) is 3.37. The van der Waals surface area contributed by atoms with Gasteiger partial charge in [0.15, 0.2) is 0 Å². The summed E-state index contributed by atoms with van der Waals surface area (Å²) >= 11 is 0. The Morgan fingerprint density at radius 3 is 2.78 bits per heavy atom. The van der Waals surface area contributed by atoms with Crippen molar-refractivity contribution in [3.05, 3.63) is 0 Å². The van der Waals surface area contributed by atoms with E-state index >= 15 is 0 Å². The maximum Gasteiger partial charge on any atom is 0.0822 e. The van der Waals surface area contributed by atoms with Crippen molar-refractivity contribution in [3.8, 4) is 0 Å². The van der Waals surface area contributed by atoms with Gasteiger partial charge in [-0.3, -0.25) is 4.90 Å². The number of hydrogen-bond donors (Lipinski definition) is 0. The van der Waals surface area contributed by atoms with E-state index in [4.69, 9.17) is 4.74 Å². The molecule has 2 aliphatic rings. The fraction of sp³-hybridized carbons (Fsp3) is 1.00. The third-order valence-corrected chi connectivity index (χ3v) is 5.67. The molecule has 0 N–H and O–H groups in total. The van der Waals surface area contributed by atoms with Gasteiger partial charge in [-0.05, 0) is 58.9 Å². The van der Waals surface area contributed by atoms with Gasteiger partial charge in [-0.1, -0.05) is 0 Å². The summed E-state index contributed by atoms with van der Waals surface area (Å²) in [4.78, 5) is 2.61. The van der Waals surface area contributed by atoms with Gasteiger partial charge < -0.3 is 9.30 Å². The normalized spacial score (nSPS) is 33.3. The smallest absolute Gasteiger partial charge is 0.0822 e. The van der Waals surface area contributed by atoms with E-state index in [-0.39, 0.29) is 5.54 Å². The average Bonchev–Trinajstić information content (AvgIpc) is 2.68. The summed E-state index contributed by atoms with van der Waals surface area (Å²) < 4.78 is 17.9. The number of fused-ring (bicyclic) bond motifs is 1. The lowest BCUT2D eigenvalue weighted by atomic mass is 9.91. The van der Waals surface area contributed by atoms with Crippen molar-refractivity contribution in [2.75, 3.05) is 39.2 Å². The van der Waals surface area contributed by atoms with Crippen LogP contribution in [-0.4, -0.2) is 55.7 Å². The Bertz CT molecular complexity index is 339. The Morgan fingerprint density at radius 2 is 2.17 bits per heavy atom. The maximum absolute atomic E-state index is 12.0. The van der Waals surface area contributed by atoms with Gasteiger partial charge in [0.25, 0.3) is 0 Å². The topological polar surface area (TPSA) is 29.5 Å². The summed E-state index contributed by atoms with van der Waals surface area (Å²) in [6, 6.07) is 0. The highest BCUT2D eigenvalue weighted by Crippen LogP contribution is 2.47. The van der Waals surface area contributed by atoms with E-state index in [9.17, 15) is 4.57 Å². The second-order valence-corrected chi connectivity index (χ2v) is 10.5. The summed E-state index contributed by atoms with van der Waals surface area (Å²) in [5, 5.41) is 0. The summed E-state index contributed by atoms with van der Waals surface area (Å²) in [6.07, 6.45) is 4.96. The molecular weight excluding hydrogens is 245 g/mol. The largest absolute Gasteiger partial charge is 0.377 e. The van der Waals surface area contributed by atoms with Crippen LogP contribution in [0.25, 0.3) is 0 Å². The van der Waals surface area contributed by atoms with E-state index in [2.05, 4.69) is 18.7 Å². The quantitative estimate of drug-likeness (QED) is 0.721. The molecule has 0 radical (unpaired) electrons. The van der Waals surface area contributed by atoms with Crippen molar-refractivity contribution in [1.29, 1.82) is 0 Å². The van der Waals surface area contributed by atoms with Crippen LogP contribution in [0.1, 0.15) is 33.1 Å². The molecule has 0 aromatic rings. The van der Waals surface area contributed by atoms with Gasteiger partial charge in [0.2, 0.25) is 0 Å². The zero-order chi connectivity index (χ0) is 13.4. The minimum absolute atomic E-state index is 0.268. The number of rotatable bonds is 5. The lowest BCUT2D eigenvalue weighted by Gasteiger charge is -2.32. The second-order valence-electron chi connectivity index (χ2n) is 6.96. The van der Waals surface area contributed by atoms with E-state index in [1.165, 1.54) is 25.8 Å². The summed E-state index contributed by atoms with van der Waals surface area (Å²) in [5.74, 6) is 0.613. The van der Waals surface area contributed by atoms with Gasteiger partial charge in [-0.15, -0.1) is 0 Å². The number of ether oxygens (including phenoxy) is 1. The Labute approximate surface area is 112 Å². The Kier molecular flexibility index (Phi) is 4.26. The van der Waals surface area contributed by atoms with Crippen LogP contribution in [0.2, 0.25) is 0 Å². The molecule has 4 heteroatoms. The second kappa shape index (κ2) is 5.26. The average molecular weight is 273 g/mol. The highest BCUT2D eigenvalue weighted by Gasteiger charge is 2.48. The van der Waals surface area contributed by atoms with Crippen molar-refractivity contribution in [1.82, 2.24) is 4.90 Å². The van der Waals surface area contributed by atoms with Crippen LogP contribution in [-0.2, 0) is 9.30 Å². The summed E-state index contributed by atoms with van der Waals surface area (Å²) in [5.41, 5.74) is 0.268. The van der Waals surface area contributed by atoms with Gasteiger partial charge >= 0.3 is 0 Å². The lowest BCUT2D eigenvalue weighted by Crippen LogP contribution is -2.43. The summed E-state index contributed by atoms with van der Waals surface area (Å²) in [7, 11) is -1.89. The molecule has 18 heavy (non-hydrogen) atoms. The first-order valence-corrected chi connectivity index (χ1v) is 10.0. The van der Waals surface area contributed by atoms with E-state index < -0.39 is 7.14 Å². The highest BCUT2D eigenvalue weighted by molar-refractivity contribution is 7.62. The fourth-order valence-electron chi connectivity index (χ4n) is 3.71. The van der Waals surface area contributed by atoms with Crippen molar-refractivity contribution in [2.24, 2.45) is 5.92 Å². The highest BCUT2D eigenvalue weighted by atomic mass is 31.2. The Balaban J connectivity index is 1.98. The molecule has 0 aliphatic carbocycles. The molecule has 0 spiro atoms. The van der Waals surface area contributed by atoms with Crippen LogP contribution in [0.5, 0.6) is 0 Å². The van der Waals surface area contributed by atoms with Crippen LogP contribution in [0.4, 0.5) is 0 Å². The van der Waals surface area contributed by atoms with Crippen LogP contribution in [0.15, 0.2) is 0 Å². The van der Waals surface area contributed by atoms with E-state index in [1.54, 1.807) is 0 Å². The van der Waals surface area contributed by atoms with Gasteiger partial charge in [0.1, 0.15) is 0 Å². The standard InChI is InChI=1S/C14H28NO2P/c1-12(2)17-11-14-6-5-7-15(14)9-13(8-14)10-18(3,4)16/h12-13H,5-11H2,1-4H3. The van der Waals surface area contributed by atoms with E-state index in [0.717, 1.165) is 19.3 Å². The van der Waals surface area contributed by atoms with Crippen LogP contribution in [0, 0.1) is 5.92 Å². The zero-order valence-electron chi connectivity index (χ0n) is 12.3. The van der Waals surface area contributed by atoms with Crippen molar-refractivity contribution >= 4 is 7.14 Å². The van der Waals surface area contributed by atoms with Gasteiger partial charge in [0.05, 0.1) is 19.9 Å². The molecule has 2 rings (SSSR count). The first-order valence-electron chi connectivity index (χ1n) is 7.21. The summed E-state index contributed by atoms with van der Waals surface area (Å²) in [6.45, 7) is 11.3. The van der Waals surface area contributed by atoms with Crippen molar-refractivity contribution < 1.29 is 9.30 Å². The van der Waals surface area contributed by atoms with Crippen LogP contribution >= 0.6 is 7.14 Å². The molecular formula is C14H28NO2P. The molecule has 3 nitrogen and oxygen atoms in total. The van der Waals surface area contributed by atoms with Crippen molar-refractivity contribution in [2.45, 2.75) is 44.8 Å². The molecule has 0 bridgehead atoms. The van der Waals surface area contributed by atoms with Gasteiger partial charge in [-0.25, -0.2) is 0 Å². The lowest BCUT2D eigenvalue weighted by molar-refractivity contribution is 0.00293. The molecule has 2 saturated heterocycles. The predicted molar refractivity (Wildman–Crippen MR) is 77.1 cm³/mol. The van der Waals surface area contributed by atoms with Gasteiger partial charge in [-0.2, -0.15) is 0 Å². The van der Waals surface area contributed by atoms with Crippen LogP contribution in [0.3, 0.4) is 0 Å². The molecule has 2 aliphatic heterocycles. The van der Waals surface area contributed by atoms with Gasteiger partial charge in [0, 0.05) is 18.2 Å². The van der Waals surface area contributed by atoms with E-state index in [1.807, 2.05) is 13.3 Å². The minimum atomic E-state index is -1.89. The molecule has 2 atom stereocenters. The SMILES string of the molecule is CC(C)OCC12CCCN1CC(CP(C)(C)=O)C2. The first kappa shape index (κ1) is 14.6. The molecule has 0 aromatic heterocycles. The van der Waals surface area contributed by atoms with Crippen LogP contribution < -0.4 is 0 Å². The molecule has 0 aromatic carbocycles. The monoisotopic (exact) mass is 273 g/mol. The fourth-order valence-corrected chi connectivity index (χ4v) is 5.20. The predicted octanol–water partition coefficient (Wildman–Crippen LogP) is 2.89. The first-order chi connectivity index (χ1) is 8.31. The third-order valence-electron chi connectivity index (χ3n) is 4.27. The molecule has 0 amide bonds. The van der Waals surface area contributed by atoms with Crippen molar-refractivity contribution in [3.63, 3.8) is 0 Å².